The standard InChI is InChI=1S/C11H11FN2OS/c12-9-1-8(4-13)2-11(3-9)15-5-10-6-16-7-14-10/h1-3,6-7H,4-5,13H2. The van der Waals surface area contributed by atoms with E-state index in [-0.39, 0.29) is 5.82 Å². The molecule has 0 spiro atoms. The van der Waals surface area contributed by atoms with Gasteiger partial charge in [0.1, 0.15) is 18.2 Å². The number of thiazole rings is 1. The number of nitrogens with two attached hydrogens (primary N) is 1. The van der Waals surface area contributed by atoms with E-state index < -0.39 is 0 Å². The Balaban J connectivity index is 2.06. The molecule has 0 aliphatic carbocycles. The Morgan fingerprint density at radius 1 is 1.38 bits per heavy atom. The Morgan fingerprint density at radius 3 is 2.94 bits per heavy atom. The minimum Gasteiger partial charge on any atom is -0.487 e. The van der Waals surface area contributed by atoms with Gasteiger partial charge < -0.3 is 10.5 Å². The number of benzene rings is 1. The Morgan fingerprint density at radius 2 is 2.25 bits per heavy atom. The highest BCUT2D eigenvalue weighted by Crippen LogP contribution is 2.17. The number of rotatable bonds is 4. The molecule has 0 saturated carbocycles. The molecular formula is C11H11FN2OS. The third-order valence-corrected chi connectivity index (χ3v) is 2.67. The van der Waals surface area contributed by atoms with Crippen molar-refractivity contribution < 1.29 is 9.13 Å². The normalized spacial score (nSPS) is 10.4. The first-order valence-corrected chi connectivity index (χ1v) is 5.71. The summed E-state index contributed by atoms with van der Waals surface area (Å²) < 4.78 is 18.6. The van der Waals surface area contributed by atoms with Crippen molar-refractivity contribution in [1.82, 2.24) is 4.98 Å². The van der Waals surface area contributed by atoms with Crippen molar-refractivity contribution >= 4 is 11.3 Å². The molecule has 1 aromatic carbocycles. The Labute approximate surface area is 96.7 Å². The summed E-state index contributed by atoms with van der Waals surface area (Å²) in [6.45, 7) is 0.641. The van der Waals surface area contributed by atoms with E-state index in [1.54, 1.807) is 11.6 Å². The predicted molar refractivity (Wildman–Crippen MR) is 60.7 cm³/mol. The molecule has 1 heterocycles. The van der Waals surface area contributed by atoms with E-state index in [1.807, 2.05) is 5.38 Å². The molecule has 16 heavy (non-hydrogen) atoms. The fourth-order valence-electron chi connectivity index (χ4n) is 1.29. The monoisotopic (exact) mass is 238 g/mol. The number of halogens is 1. The SMILES string of the molecule is NCc1cc(F)cc(OCc2cscn2)c1. The van der Waals surface area contributed by atoms with Gasteiger partial charge in [-0.05, 0) is 17.7 Å². The van der Waals surface area contributed by atoms with Gasteiger partial charge in [-0.3, -0.25) is 0 Å². The molecule has 2 aromatic rings. The van der Waals surface area contributed by atoms with Crippen molar-refractivity contribution in [3.05, 3.63) is 46.2 Å². The van der Waals surface area contributed by atoms with Crippen molar-refractivity contribution in [3.63, 3.8) is 0 Å². The van der Waals surface area contributed by atoms with Crippen LogP contribution >= 0.6 is 11.3 Å². The van der Waals surface area contributed by atoms with Crippen LogP contribution in [0.15, 0.2) is 29.1 Å². The molecule has 3 nitrogen and oxygen atoms in total. The lowest BCUT2D eigenvalue weighted by Gasteiger charge is -2.06. The summed E-state index contributed by atoms with van der Waals surface area (Å²) in [5.74, 6) is 0.143. The van der Waals surface area contributed by atoms with Crippen LogP contribution < -0.4 is 10.5 Å². The maximum Gasteiger partial charge on any atom is 0.131 e. The minimum atomic E-state index is -0.337. The molecule has 2 rings (SSSR count). The molecular weight excluding hydrogens is 227 g/mol. The number of nitrogens with zero attached hydrogens (tertiary/aromatic N) is 1. The van der Waals surface area contributed by atoms with Crippen LogP contribution in [0.5, 0.6) is 5.75 Å². The Hall–Kier alpha value is -1.46. The predicted octanol–water partition coefficient (Wildman–Crippen LogP) is 2.32. The fraction of sp³-hybridized carbons (Fsp3) is 0.182. The van der Waals surface area contributed by atoms with Gasteiger partial charge in [0.25, 0.3) is 0 Å². The number of ether oxygens (including phenoxy) is 1. The lowest BCUT2D eigenvalue weighted by molar-refractivity contribution is 0.300. The van der Waals surface area contributed by atoms with Gasteiger partial charge in [0.05, 0.1) is 11.2 Å². The van der Waals surface area contributed by atoms with Gasteiger partial charge in [0.15, 0.2) is 0 Å². The van der Waals surface area contributed by atoms with Crippen molar-refractivity contribution in [2.24, 2.45) is 5.73 Å². The van der Waals surface area contributed by atoms with Gasteiger partial charge in [-0.25, -0.2) is 9.37 Å². The van der Waals surface area contributed by atoms with Crippen molar-refractivity contribution in [2.75, 3.05) is 0 Å². The molecule has 0 radical (unpaired) electrons. The van der Waals surface area contributed by atoms with Gasteiger partial charge in [-0.2, -0.15) is 0 Å². The van der Waals surface area contributed by atoms with E-state index in [9.17, 15) is 4.39 Å². The van der Waals surface area contributed by atoms with Crippen molar-refractivity contribution in [2.45, 2.75) is 13.2 Å². The van der Waals surface area contributed by atoms with Crippen LogP contribution in [0.3, 0.4) is 0 Å². The summed E-state index contributed by atoms with van der Waals surface area (Å²) >= 11 is 1.50. The molecule has 1 aromatic heterocycles. The van der Waals surface area contributed by atoms with Crippen molar-refractivity contribution in [1.29, 1.82) is 0 Å². The number of aromatic nitrogens is 1. The third-order valence-electron chi connectivity index (χ3n) is 2.04. The third kappa shape index (κ3) is 2.77. The topological polar surface area (TPSA) is 48.1 Å². The smallest absolute Gasteiger partial charge is 0.131 e. The quantitative estimate of drug-likeness (QED) is 0.889. The molecule has 0 unspecified atom stereocenters. The zero-order valence-electron chi connectivity index (χ0n) is 8.52. The second kappa shape index (κ2) is 5.05. The highest BCUT2D eigenvalue weighted by atomic mass is 32.1. The second-order valence-electron chi connectivity index (χ2n) is 3.27. The van der Waals surface area contributed by atoms with Crippen LogP contribution in [0.1, 0.15) is 11.3 Å². The summed E-state index contributed by atoms with van der Waals surface area (Å²) in [6, 6.07) is 4.47. The molecule has 0 amide bonds. The van der Waals surface area contributed by atoms with Crippen LogP contribution in [-0.4, -0.2) is 4.98 Å². The van der Waals surface area contributed by atoms with Crippen LogP contribution in [0.2, 0.25) is 0 Å². The lowest BCUT2D eigenvalue weighted by Crippen LogP contribution is -2.00. The summed E-state index contributed by atoms with van der Waals surface area (Å²) in [5.41, 5.74) is 8.73. The fourth-order valence-corrected chi connectivity index (χ4v) is 1.83. The average molecular weight is 238 g/mol. The van der Waals surface area contributed by atoms with Crippen LogP contribution in [0.25, 0.3) is 0 Å². The second-order valence-corrected chi connectivity index (χ2v) is 3.99. The van der Waals surface area contributed by atoms with Gasteiger partial charge in [0.2, 0.25) is 0 Å². The minimum absolute atomic E-state index is 0.296. The zero-order valence-corrected chi connectivity index (χ0v) is 9.34. The van der Waals surface area contributed by atoms with Crippen molar-refractivity contribution in [3.8, 4) is 5.75 Å². The van der Waals surface area contributed by atoms with Crippen LogP contribution in [-0.2, 0) is 13.2 Å². The number of hydrogen-bond donors (Lipinski definition) is 1. The van der Waals surface area contributed by atoms with Gasteiger partial charge in [0, 0.05) is 18.0 Å². The molecule has 0 bridgehead atoms. The van der Waals surface area contributed by atoms with E-state index in [2.05, 4.69) is 4.98 Å². The molecule has 0 aliphatic heterocycles. The van der Waals surface area contributed by atoms with E-state index in [4.69, 9.17) is 10.5 Å². The Kier molecular flexibility index (Phi) is 3.48. The molecule has 84 valence electrons. The van der Waals surface area contributed by atoms with Gasteiger partial charge in [-0.15, -0.1) is 11.3 Å². The molecule has 0 atom stereocenters. The molecule has 0 aliphatic rings. The van der Waals surface area contributed by atoms with Crippen LogP contribution in [0.4, 0.5) is 4.39 Å². The molecule has 5 heteroatoms. The summed E-state index contributed by atoms with van der Waals surface area (Å²) in [5, 5.41) is 1.89. The van der Waals surface area contributed by atoms with E-state index in [0.29, 0.717) is 24.5 Å². The van der Waals surface area contributed by atoms with E-state index in [0.717, 1.165) is 5.69 Å². The van der Waals surface area contributed by atoms with Crippen LogP contribution in [0, 0.1) is 5.82 Å². The van der Waals surface area contributed by atoms with E-state index in [1.165, 1.54) is 23.5 Å². The summed E-state index contributed by atoms with van der Waals surface area (Å²) in [6.07, 6.45) is 0. The van der Waals surface area contributed by atoms with Gasteiger partial charge >= 0.3 is 0 Å². The largest absolute Gasteiger partial charge is 0.487 e. The lowest BCUT2D eigenvalue weighted by atomic mass is 10.2. The first-order chi connectivity index (χ1) is 7.78. The maximum atomic E-state index is 13.1. The first-order valence-electron chi connectivity index (χ1n) is 4.77. The Bertz CT molecular complexity index is 459. The average Bonchev–Trinajstić information content (AvgIpc) is 2.78. The first kappa shape index (κ1) is 11.0. The van der Waals surface area contributed by atoms with E-state index >= 15 is 0 Å². The van der Waals surface area contributed by atoms with Gasteiger partial charge in [-0.1, -0.05) is 0 Å². The maximum absolute atomic E-state index is 13.1. The highest BCUT2D eigenvalue weighted by Gasteiger charge is 2.02. The highest BCUT2D eigenvalue weighted by molar-refractivity contribution is 7.07. The summed E-state index contributed by atoms with van der Waals surface area (Å²) in [7, 11) is 0. The molecule has 0 saturated heterocycles. The number of hydrogen-bond acceptors (Lipinski definition) is 4. The summed E-state index contributed by atoms with van der Waals surface area (Å²) in [4.78, 5) is 4.07. The zero-order chi connectivity index (χ0) is 11.4. The molecule has 2 N–H and O–H groups in total. The molecule has 0 fully saturated rings.